The van der Waals surface area contributed by atoms with Crippen molar-refractivity contribution >= 4 is 17.9 Å². The van der Waals surface area contributed by atoms with Crippen LogP contribution < -0.4 is 5.43 Å². The van der Waals surface area contributed by atoms with Gasteiger partial charge in [-0.3, -0.25) is 20.0 Å². The van der Waals surface area contributed by atoms with Crippen LogP contribution in [0.5, 0.6) is 0 Å². The first-order chi connectivity index (χ1) is 17.2. The number of hydrogen-bond donors (Lipinski definition) is 1. The Hall–Kier alpha value is -3.57. The number of nitrogens with zero attached hydrogens (tertiary/aromatic N) is 4. The van der Waals surface area contributed by atoms with Crippen LogP contribution in [-0.2, 0) is 15.7 Å². The number of piperidine rings is 1. The number of halogens is 3. The Bertz CT molecular complexity index is 1130. The highest BCUT2D eigenvalue weighted by molar-refractivity contribution is 5.96. The number of carbonyl (C=O) groups is 3. The molecule has 2 aromatic rings. The second kappa shape index (κ2) is 10.8. The van der Waals surface area contributed by atoms with Crippen molar-refractivity contribution in [3.8, 4) is 5.69 Å². The number of aromatic nitrogens is 2. The van der Waals surface area contributed by atoms with Crippen molar-refractivity contribution in [3.05, 3.63) is 47.8 Å². The molecule has 0 bridgehead atoms. The molecule has 202 valence electrons. The third-order valence-electron chi connectivity index (χ3n) is 5.92. The zero-order chi connectivity index (χ0) is 27.5. The first-order valence-electron chi connectivity index (χ1n) is 12.1. The van der Waals surface area contributed by atoms with E-state index in [0.717, 1.165) is 15.9 Å². The Morgan fingerprint density at radius 2 is 1.81 bits per heavy atom. The number of ether oxygens (including phenoxy) is 1. The minimum atomic E-state index is -4.88. The standard InChI is InChI=1S/C25H32F3N5O4/c1-6-32(22(35)17-12-13-31(16(2)14-17)23(36)37-24(3,4)5)30-21(34)19-15-33(18-10-8-7-9-11-18)29-20(19)25(26,27)28/h7-11,15-17H,6,12-14H2,1-5H3,(H,30,34). The third kappa shape index (κ3) is 6.80. The number of para-hydroxylation sites is 1. The molecular formula is C25H32F3N5O4. The van der Waals surface area contributed by atoms with Crippen LogP contribution >= 0.6 is 0 Å². The molecule has 1 N–H and O–H groups in total. The van der Waals surface area contributed by atoms with Gasteiger partial charge in [-0.1, -0.05) is 18.2 Å². The van der Waals surface area contributed by atoms with Crippen molar-refractivity contribution in [2.24, 2.45) is 5.92 Å². The normalized spacial score (nSPS) is 18.3. The van der Waals surface area contributed by atoms with Gasteiger partial charge in [0.2, 0.25) is 5.91 Å². The van der Waals surface area contributed by atoms with Gasteiger partial charge in [-0.25, -0.2) is 9.48 Å². The lowest BCUT2D eigenvalue weighted by atomic mass is 9.91. The van der Waals surface area contributed by atoms with E-state index in [9.17, 15) is 27.6 Å². The van der Waals surface area contributed by atoms with Crippen molar-refractivity contribution in [1.29, 1.82) is 0 Å². The molecule has 1 fully saturated rings. The van der Waals surface area contributed by atoms with E-state index >= 15 is 0 Å². The fourth-order valence-electron chi connectivity index (χ4n) is 4.14. The van der Waals surface area contributed by atoms with Gasteiger partial charge in [-0.15, -0.1) is 0 Å². The summed E-state index contributed by atoms with van der Waals surface area (Å²) in [5.41, 5.74) is -0.0333. The van der Waals surface area contributed by atoms with E-state index < -0.39 is 46.9 Å². The van der Waals surface area contributed by atoms with Crippen LogP contribution in [-0.4, -0.2) is 62.3 Å². The van der Waals surface area contributed by atoms with Crippen molar-refractivity contribution in [3.63, 3.8) is 0 Å². The van der Waals surface area contributed by atoms with Crippen LogP contribution in [0.3, 0.4) is 0 Å². The fourth-order valence-corrected chi connectivity index (χ4v) is 4.14. The number of alkyl halides is 3. The number of benzene rings is 1. The van der Waals surface area contributed by atoms with Crippen LogP contribution in [0.2, 0.25) is 0 Å². The summed E-state index contributed by atoms with van der Waals surface area (Å²) >= 11 is 0. The average Bonchev–Trinajstić information content (AvgIpc) is 3.28. The highest BCUT2D eigenvalue weighted by Crippen LogP contribution is 2.32. The minimum Gasteiger partial charge on any atom is -0.444 e. The molecule has 3 amide bonds. The van der Waals surface area contributed by atoms with Crippen molar-refractivity contribution < 1.29 is 32.3 Å². The van der Waals surface area contributed by atoms with Gasteiger partial charge in [0.05, 0.1) is 11.3 Å². The van der Waals surface area contributed by atoms with Gasteiger partial charge in [-0.05, 0) is 59.6 Å². The zero-order valence-corrected chi connectivity index (χ0v) is 21.5. The van der Waals surface area contributed by atoms with E-state index in [1.165, 1.54) is 0 Å². The molecule has 0 radical (unpaired) electrons. The molecule has 0 saturated carbocycles. The average molecular weight is 524 g/mol. The van der Waals surface area contributed by atoms with E-state index in [4.69, 9.17) is 4.74 Å². The summed E-state index contributed by atoms with van der Waals surface area (Å²) in [4.78, 5) is 40.1. The summed E-state index contributed by atoms with van der Waals surface area (Å²) in [7, 11) is 0. The quantitative estimate of drug-likeness (QED) is 0.599. The maximum atomic E-state index is 13.7. The van der Waals surface area contributed by atoms with E-state index in [1.807, 2.05) is 0 Å². The van der Waals surface area contributed by atoms with Gasteiger partial charge in [-0.2, -0.15) is 18.3 Å². The molecule has 2 atom stereocenters. The van der Waals surface area contributed by atoms with E-state index in [-0.39, 0.29) is 19.1 Å². The Morgan fingerprint density at radius 3 is 2.35 bits per heavy atom. The Labute approximate surface area is 213 Å². The molecule has 0 aliphatic carbocycles. The van der Waals surface area contributed by atoms with E-state index in [0.29, 0.717) is 18.5 Å². The summed E-state index contributed by atoms with van der Waals surface area (Å²) in [6, 6.07) is 7.79. The molecule has 2 unspecified atom stereocenters. The first kappa shape index (κ1) is 28.0. The van der Waals surface area contributed by atoms with Crippen LogP contribution in [0.4, 0.5) is 18.0 Å². The van der Waals surface area contributed by atoms with Gasteiger partial charge in [0.25, 0.3) is 5.91 Å². The maximum Gasteiger partial charge on any atom is 0.435 e. The maximum absolute atomic E-state index is 13.7. The van der Waals surface area contributed by atoms with Gasteiger partial charge in [0.15, 0.2) is 5.69 Å². The Balaban J connectivity index is 1.73. The van der Waals surface area contributed by atoms with Crippen LogP contribution in [0, 0.1) is 5.92 Å². The van der Waals surface area contributed by atoms with Crippen molar-refractivity contribution in [2.45, 2.75) is 65.3 Å². The predicted octanol–water partition coefficient (Wildman–Crippen LogP) is 4.42. The smallest absolute Gasteiger partial charge is 0.435 e. The summed E-state index contributed by atoms with van der Waals surface area (Å²) in [6.07, 6.45) is -3.70. The summed E-state index contributed by atoms with van der Waals surface area (Å²) in [5.74, 6) is -2.05. The molecular weight excluding hydrogens is 491 g/mol. The molecule has 3 rings (SSSR count). The van der Waals surface area contributed by atoms with E-state index in [2.05, 4.69) is 10.5 Å². The highest BCUT2D eigenvalue weighted by atomic mass is 19.4. The molecule has 12 heteroatoms. The first-order valence-corrected chi connectivity index (χ1v) is 12.1. The number of likely N-dealkylation sites (tertiary alicyclic amines) is 1. The zero-order valence-electron chi connectivity index (χ0n) is 21.5. The number of nitrogens with one attached hydrogen (secondary N) is 1. The molecule has 1 aliphatic heterocycles. The van der Waals surface area contributed by atoms with Crippen LogP contribution in [0.1, 0.15) is 63.5 Å². The number of rotatable bonds is 4. The molecule has 0 spiro atoms. The lowest BCUT2D eigenvalue weighted by Gasteiger charge is -2.39. The molecule has 1 aromatic heterocycles. The second-order valence-electron chi connectivity index (χ2n) is 9.94. The van der Waals surface area contributed by atoms with E-state index in [1.54, 1.807) is 69.9 Å². The summed E-state index contributed by atoms with van der Waals surface area (Å²) in [6.45, 7) is 9.02. The summed E-state index contributed by atoms with van der Waals surface area (Å²) in [5, 5.41) is 4.60. The van der Waals surface area contributed by atoms with Gasteiger partial charge < -0.3 is 9.64 Å². The Kier molecular flexibility index (Phi) is 8.19. The van der Waals surface area contributed by atoms with Crippen LogP contribution in [0.15, 0.2) is 36.5 Å². The SMILES string of the molecule is CCN(NC(=O)c1cn(-c2ccccc2)nc1C(F)(F)F)C(=O)C1CCN(C(=O)OC(C)(C)C)C(C)C1. The topological polar surface area (TPSA) is 96.8 Å². The molecule has 1 aromatic carbocycles. The molecule has 1 aliphatic rings. The van der Waals surface area contributed by atoms with Crippen molar-refractivity contribution in [2.75, 3.05) is 13.1 Å². The lowest BCUT2D eigenvalue weighted by molar-refractivity contribution is -0.141. The molecule has 37 heavy (non-hydrogen) atoms. The fraction of sp³-hybridized carbons (Fsp3) is 0.520. The number of hydrogen-bond acceptors (Lipinski definition) is 5. The highest BCUT2D eigenvalue weighted by Gasteiger charge is 2.41. The lowest BCUT2D eigenvalue weighted by Crippen LogP contribution is -2.53. The number of hydrazine groups is 1. The molecule has 9 nitrogen and oxygen atoms in total. The van der Waals surface area contributed by atoms with Gasteiger partial charge >= 0.3 is 12.3 Å². The summed E-state index contributed by atoms with van der Waals surface area (Å²) < 4.78 is 47.4. The minimum absolute atomic E-state index is 0.0411. The van der Waals surface area contributed by atoms with Crippen LogP contribution in [0.25, 0.3) is 5.69 Å². The number of carbonyl (C=O) groups excluding carboxylic acids is 3. The number of amides is 3. The van der Waals surface area contributed by atoms with Gasteiger partial charge in [0, 0.05) is 31.2 Å². The third-order valence-corrected chi connectivity index (χ3v) is 5.92. The monoisotopic (exact) mass is 523 g/mol. The largest absolute Gasteiger partial charge is 0.444 e. The molecule has 1 saturated heterocycles. The second-order valence-corrected chi connectivity index (χ2v) is 9.94. The van der Waals surface area contributed by atoms with Gasteiger partial charge in [0.1, 0.15) is 5.60 Å². The predicted molar refractivity (Wildman–Crippen MR) is 129 cm³/mol. The molecule has 2 heterocycles. The Morgan fingerprint density at radius 1 is 1.16 bits per heavy atom. The van der Waals surface area contributed by atoms with Crippen molar-refractivity contribution in [1.82, 2.24) is 25.1 Å².